The maximum absolute atomic E-state index is 13.6. The van der Waals surface area contributed by atoms with Gasteiger partial charge in [0.2, 0.25) is 5.88 Å². The van der Waals surface area contributed by atoms with Crippen LogP contribution in [-0.2, 0) is 0 Å². The molecule has 0 aliphatic rings. The summed E-state index contributed by atoms with van der Waals surface area (Å²) in [6, 6.07) is 8.32. The Kier molecular flexibility index (Phi) is 2.95. The molecule has 0 saturated carbocycles. The molecule has 3 rings (SSSR count). The Morgan fingerprint density at radius 2 is 1.85 bits per heavy atom. The molecule has 100 valence electrons. The smallest absolute Gasteiger partial charge is 0.230 e. The lowest BCUT2D eigenvalue weighted by molar-refractivity contribution is 0.439. The zero-order valence-electron chi connectivity index (χ0n) is 10.8. The number of hydrogen-bond donors (Lipinski definition) is 1. The van der Waals surface area contributed by atoms with Crippen molar-refractivity contribution in [3.8, 4) is 22.4 Å². The van der Waals surface area contributed by atoms with Crippen LogP contribution in [0.5, 0.6) is 0 Å². The van der Waals surface area contributed by atoms with E-state index < -0.39 is 0 Å². The van der Waals surface area contributed by atoms with Crippen molar-refractivity contribution in [2.45, 2.75) is 6.92 Å². The van der Waals surface area contributed by atoms with Gasteiger partial charge in [-0.2, -0.15) is 0 Å². The van der Waals surface area contributed by atoms with Gasteiger partial charge in [0.05, 0.1) is 5.56 Å². The summed E-state index contributed by atoms with van der Waals surface area (Å²) in [5.41, 5.74) is 9.29. The molecule has 0 unspecified atom stereocenters. The number of rotatable bonds is 2. The molecular weight excluding hydrogens is 257 g/mol. The fourth-order valence-corrected chi connectivity index (χ4v) is 2.17. The Morgan fingerprint density at radius 3 is 2.55 bits per heavy atom. The second-order valence-electron chi connectivity index (χ2n) is 4.52. The molecule has 2 aromatic heterocycles. The second kappa shape index (κ2) is 4.77. The quantitative estimate of drug-likeness (QED) is 0.774. The van der Waals surface area contributed by atoms with E-state index in [1.807, 2.05) is 13.0 Å². The Labute approximate surface area is 115 Å². The van der Waals surface area contributed by atoms with Crippen LogP contribution >= 0.6 is 0 Å². The van der Waals surface area contributed by atoms with Crippen LogP contribution in [0.4, 0.5) is 10.3 Å². The average molecular weight is 269 g/mol. The highest BCUT2D eigenvalue weighted by Gasteiger charge is 2.18. The van der Waals surface area contributed by atoms with E-state index in [2.05, 4.69) is 10.1 Å². The fraction of sp³-hybridized carbons (Fsp3) is 0.0667. The Morgan fingerprint density at radius 1 is 1.10 bits per heavy atom. The number of pyridine rings is 1. The van der Waals surface area contributed by atoms with Crippen LogP contribution in [0.25, 0.3) is 22.4 Å². The van der Waals surface area contributed by atoms with Crippen molar-refractivity contribution >= 4 is 5.88 Å². The van der Waals surface area contributed by atoms with E-state index in [4.69, 9.17) is 10.3 Å². The highest BCUT2D eigenvalue weighted by atomic mass is 19.1. The third kappa shape index (κ3) is 2.14. The summed E-state index contributed by atoms with van der Waals surface area (Å²) in [5.74, 6) is -0.115. The van der Waals surface area contributed by atoms with E-state index in [-0.39, 0.29) is 11.7 Å². The molecule has 4 nitrogen and oxygen atoms in total. The molecule has 0 spiro atoms. The first kappa shape index (κ1) is 12.3. The van der Waals surface area contributed by atoms with Crippen molar-refractivity contribution in [1.82, 2.24) is 10.1 Å². The minimum atomic E-state index is -0.317. The van der Waals surface area contributed by atoms with Crippen LogP contribution in [-0.4, -0.2) is 10.1 Å². The molecular formula is C15H12FN3O. The van der Waals surface area contributed by atoms with E-state index in [1.165, 1.54) is 12.1 Å². The zero-order chi connectivity index (χ0) is 14.1. The summed E-state index contributed by atoms with van der Waals surface area (Å²) in [4.78, 5) is 3.96. The summed E-state index contributed by atoms with van der Waals surface area (Å²) in [6.45, 7) is 1.82. The van der Waals surface area contributed by atoms with Gasteiger partial charge in [0.25, 0.3) is 0 Å². The van der Waals surface area contributed by atoms with Crippen molar-refractivity contribution in [3.63, 3.8) is 0 Å². The minimum absolute atomic E-state index is 0.202. The first-order chi connectivity index (χ1) is 9.65. The molecule has 0 atom stereocenters. The number of nitrogen functional groups attached to an aromatic ring is 1. The van der Waals surface area contributed by atoms with Crippen molar-refractivity contribution in [1.29, 1.82) is 0 Å². The van der Waals surface area contributed by atoms with Gasteiger partial charge in [0, 0.05) is 18.0 Å². The number of aryl methyl sites for hydroxylation is 1. The predicted molar refractivity (Wildman–Crippen MR) is 74.3 cm³/mol. The van der Waals surface area contributed by atoms with Gasteiger partial charge in [0.1, 0.15) is 11.5 Å². The number of nitrogens with two attached hydrogens (primary N) is 1. The van der Waals surface area contributed by atoms with Crippen LogP contribution < -0.4 is 5.73 Å². The molecule has 3 aromatic rings. The predicted octanol–water partition coefficient (Wildman–Crippen LogP) is 3.43. The standard InChI is InChI=1S/C15H12FN3O/c1-9-6-11(8-12(16)7-9)14-13(15(17)20-19-14)10-2-4-18-5-3-10/h2-8H,17H2,1H3. The minimum Gasteiger partial charge on any atom is -0.367 e. The molecule has 0 bridgehead atoms. The van der Waals surface area contributed by atoms with Gasteiger partial charge < -0.3 is 10.3 Å². The van der Waals surface area contributed by atoms with Crippen molar-refractivity contribution in [2.75, 3.05) is 5.73 Å². The molecule has 0 aliphatic heterocycles. The molecule has 5 heteroatoms. The zero-order valence-corrected chi connectivity index (χ0v) is 10.8. The lowest BCUT2D eigenvalue weighted by Crippen LogP contribution is -1.89. The number of benzene rings is 1. The molecule has 0 saturated heterocycles. The average Bonchev–Trinajstić information content (AvgIpc) is 2.80. The van der Waals surface area contributed by atoms with E-state index >= 15 is 0 Å². The summed E-state index contributed by atoms with van der Waals surface area (Å²) >= 11 is 0. The number of hydrogen-bond acceptors (Lipinski definition) is 4. The monoisotopic (exact) mass is 269 g/mol. The van der Waals surface area contributed by atoms with Crippen LogP contribution in [0.15, 0.2) is 47.2 Å². The third-order valence-corrected chi connectivity index (χ3v) is 3.00. The van der Waals surface area contributed by atoms with Gasteiger partial charge in [0.15, 0.2) is 0 Å². The van der Waals surface area contributed by atoms with Gasteiger partial charge in [-0.1, -0.05) is 5.16 Å². The molecule has 1 aromatic carbocycles. The van der Waals surface area contributed by atoms with Gasteiger partial charge in [-0.05, 0) is 48.4 Å². The van der Waals surface area contributed by atoms with Gasteiger partial charge in [-0.25, -0.2) is 4.39 Å². The van der Waals surface area contributed by atoms with Crippen LogP contribution in [0, 0.1) is 12.7 Å². The Bertz CT molecular complexity index is 733. The number of nitrogens with zero attached hydrogens (tertiary/aromatic N) is 2. The molecule has 0 fully saturated rings. The maximum atomic E-state index is 13.6. The van der Waals surface area contributed by atoms with Gasteiger partial charge in [-0.3, -0.25) is 4.98 Å². The number of anilines is 1. The highest BCUT2D eigenvalue weighted by Crippen LogP contribution is 2.36. The molecule has 0 radical (unpaired) electrons. The van der Waals surface area contributed by atoms with Gasteiger partial charge >= 0.3 is 0 Å². The SMILES string of the molecule is Cc1cc(F)cc(-c2noc(N)c2-c2ccncc2)c1. The van der Waals surface area contributed by atoms with Gasteiger partial charge in [-0.15, -0.1) is 0 Å². The number of aromatic nitrogens is 2. The Hall–Kier alpha value is -2.69. The molecule has 2 N–H and O–H groups in total. The topological polar surface area (TPSA) is 64.9 Å². The molecule has 2 heterocycles. The first-order valence-electron chi connectivity index (χ1n) is 6.08. The molecule has 0 aliphatic carbocycles. The third-order valence-electron chi connectivity index (χ3n) is 3.00. The molecule has 0 amide bonds. The van der Waals surface area contributed by atoms with E-state index in [9.17, 15) is 4.39 Å². The summed E-state index contributed by atoms with van der Waals surface area (Å²) in [6.07, 6.45) is 3.31. The maximum Gasteiger partial charge on any atom is 0.230 e. The van der Waals surface area contributed by atoms with E-state index in [1.54, 1.807) is 24.5 Å². The lowest BCUT2D eigenvalue weighted by atomic mass is 10.0. The molecule has 20 heavy (non-hydrogen) atoms. The summed E-state index contributed by atoms with van der Waals surface area (Å²) < 4.78 is 18.6. The van der Waals surface area contributed by atoms with Crippen LogP contribution in [0.1, 0.15) is 5.56 Å². The normalized spacial score (nSPS) is 10.7. The largest absolute Gasteiger partial charge is 0.367 e. The Balaban J connectivity index is 2.21. The summed E-state index contributed by atoms with van der Waals surface area (Å²) in [7, 11) is 0. The second-order valence-corrected chi connectivity index (χ2v) is 4.52. The first-order valence-corrected chi connectivity index (χ1v) is 6.08. The fourth-order valence-electron chi connectivity index (χ4n) is 2.17. The lowest BCUT2D eigenvalue weighted by Gasteiger charge is -2.04. The van der Waals surface area contributed by atoms with Crippen molar-refractivity contribution in [2.24, 2.45) is 0 Å². The van der Waals surface area contributed by atoms with E-state index in [0.29, 0.717) is 16.8 Å². The van der Waals surface area contributed by atoms with Crippen LogP contribution in [0.2, 0.25) is 0 Å². The van der Waals surface area contributed by atoms with E-state index in [0.717, 1.165) is 11.1 Å². The highest BCUT2D eigenvalue weighted by molar-refractivity contribution is 5.86. The number of halogens is 1. The van der Waals surface area contributed by atoms with Crippen molar-refractivity contribution in [3.05, 3.63) is 54.1 Å². The summed E-state index contributed by atoms with van der Waals surface area (Å²) in [5, 5.41) is 3.96. The van der Waals surface area contributed by atoms with Crippen molar-refractivity contribution < 1.29 is 8.91 Å². The van der Waals surface area contributed by atoms with Crippen LogP contribution in [0.3, 0.4) is 0 Å².